The summed E-state index contributed by atoms with van der Waals surface area (Å²) < 4.78 is 0.546. The summed E-state index contributed by atoms with van der Waals surface area (Å²) >= 11 is 9.30. The molecule has 2 rings (SSSR count). The van der Waals surface area contributed by atoms with E-state index in [9.17, 15) is 9.90 Å². The summed E-state index contributed by atoms with van der Waals surface area (Å²) in [6, 6.07) is 12.7. The maximum Gasteiger partial charge on any atom is 0.338 e. The molecule has 0 atom stereocenters. The molecule has 0 fully saturated rings. The van der Waals surface area contributed by atoms with Crippen LogP contribution in [0.5, 0.6) is 0 Å². The van der Waals surface area contributed by atoms with Gasteiger partial charge in [0.2, 0.25) is 0 Å². The number of aromatic carboxylic acids is 1. The van der Waals surface area contributed by atoms with Crippen LogP contribution >= 0.6 is 27.5 Å². The van der Waals surface area contributed by atoms with Gasteiger partial charge in [-0.3, -0.25) is 0 Å². The summed E-state index contributed by atoms with van der Waals surface area (Å²) in [6.07, 6.45) is 0. The molecule has 2 N–H and O–H groups in total. The molecule has 0 amide bonds. The van der Waals surface area contributed by atoms with Crippen LogP contribution < -0.4 is 5.32 Å². The topological polar surface area (TPSA) is 49.3 Å². The van der Waals surface area contributed by atoms with Gasteiger partial charge in [-0.2, -0.15) is 0 Å². The highest BCUT2D eigenvalue weighted by atomic mass is 79.9. The quantitative estimate of drug-likeness (QED) is 0.866. The molecule has 19 heavy (non-hydrogen) atoms. The highest BCUT2D eigenvalue weighted by molar-refractivity contribution is 9.10. The van der Waals surface area contributed by atoms with E-state index in [1.54, 1.807) is 24.3 Å². The van der Waals surface area contributed by atoms with Crippen LogP contribution in [0.4, 0.5) is 5.69 Å². The maximum atomic E-state index is 11.2. The molecular weight excluding hydrogens is 330 g/mol. The van der Waals surface area contributed by atoms with Gasteiger partial charge in [0.25, 0.3) is 0 Å². The Labute approximate surface area is 124 Å². The van der Waals surface area contributed by atoms with E-state index in [-0.39, 0.29) is 5.56 Å². The molecular formula is C14H11BrClNO2. The van der Waals surface area contributed by atoms with E-state index in [0.29, 0.717) is 21.7 Å². The van der Waals surface area contributed by atoms with Crippen molar-refractivity contribution in [3.8, 4) is 0 Å². The maximum absolute atomic E-state index is 11.2. The van der Waals surface area contributed by atoms with E-state index in [0.717, 1.165) is 5.56 Å². The Morgan fingerprint density at radius 1 is 1.21 bits per heavy atom. The molecule has 0 aliphatic heterocycles. The van der Waals surface area contributed by atoms with Gasteiger partial charge in [-0.25, -0.2) is 4.79 Å². The Morgan fingerprint density at radius 2 is 1.95 bits per heavy atom. The Bertz CT molecular complexity index is 616. The Kier molecular flexibility index (Phi) is 4.45. The second kappa shape index (κ2) is 6.08. The van der Waals surface area contributed by atoms with Gasteiger partial charge >= 0.3 is 5.97 Å². The van der Waals surface area contributed by atoms with Crippen molar-refractivity contribution in [1.29, 1.82) is 0 Å². The van der Waals surface area contributed by atoms with Crippen LogP contribution in [0.1, 0.15) is 15.9 Å². The molecule has 98 valence electrons. The average Bonchev–Trinajstić information content (AvgIpc) is 2.37. The lowest BCUT2D eigenvalue weighted by Crippen LogP contribution is -2.07. The molecule has 0 unspecified atom stereocenters. The summed E-state index contributed by atoms with van der Waals surface area (Å²) in [5.74, 6) is -0.978. The smallest absolute Gasteiger partial charge is 0.338 e. The van der Waals surface area contributed by atoms with E-state index in [4.69, 9.17) is 11.6 Å². The van der Waals surface area contributed by atoms with Crippen LogP contribution in [0.2, 0.25) is 5.02 Å². The predicted molar refractivity (Wildman–Crippen MR) is 79.9 cm³/mol. The lowest BCUT2D eigenvalue weighted by Gasteiger charge is -2.11. The van der Waals surface area contributed by atoms with E-state index in [1.807, 2.05) is 18.2 Å². The fourth-order valence-corrected chi connectivity index (χ4v) is 2.46. The van der Waals surface area contributed by atoms with Gasteiger partial charge in [0.15, 0.2) is 0 Å². The highest BCUT2D eigenvalue weighted by Crippen LogP contribution is 2.26. The minimum atomic E-state index is -0.978. The first-order chi connectivity index (χ1) is 9.09. The molecule has 0 saturated heterocycles. The molecule has 5 heteroatoms. The Hall–Kier alpha value is -1.52. The van der Waals surface area contributed by atoms with Gasteiger partial charge in [-0.05, 0) is 39.7 Å². The number of hydrogen-bond acceptors (Lipinski definition) is 2. The van der Waals surface area contributed by atoms with Crippen molar-refractivity contribution < 1.29 is 9.90 Å². The average molecular weight is 341 g/mol. The van der Waals surface area contributed by atoms with E-state index >= 15 is 0 Å². The lowest BCUT2D eigenvalue weighted by atomic mass is 10.1. The molecule has 0 aliphatic rings. The van der Waals surface area contributed by atoms with E-state index in [2.05, 4.69) is 21.2 Å². The summed E-state index contributed by atoms with van der Waals surface area (Å²) in [7, 11) is 0. The van der Waals surface area contributed by atoms with Crippen molar-refractivity contribution in [3.05, 3.63) is 63.1 Å². The zero-order valence-electron chi connectivity index (χ0n) is 9.86. The number of rotatable bonds is 4. The molecule has 0 saturated carbocycles. The molecule has 2 aromatic carbocycles. The molecule has 0 aromatic heterocycles. The van der Waals surface area contributed by atoms with Gasteiger partial charge in [0.1, 0.15) is 0 Å². The van der Waals surface area contributed by atoms with Crippen LogP contribution in [0.25, 0.3) is 0 Å². The Morgan fingerprint density at radius 3 is 2.63 bits per heavy atom. The standard InChI is InChI=1S/C14H11BrClNO2/c15-10-5-3-7-12(13(10)14(18)19)17-8-9-4-1-2-6-11(9)16/h1-7,17H,8H2,(H,18,19). The molecule has 0 bridgehead atoms. The second-order valence-corrected chi connectivity index (χ2v) is 5.17. The van der Waals surface area contributed by atoms with Gasteiger partial charge in [0.05, 0.1) is 11.3 Å². The molecule has 0 radical (unpaired) electrons. The minimum Gasteiger partial charge on any atom is -0.478 e. The van der Waals surface area contributed by atoms with Crippen molar-refractivity contribution >= 4 is 39.2 Å². The van der Waals surface area contributed by atoms with Crippen molar-refractivity contribution in [2.45, 2.75) is 6.54 Å². The zero-order chi connectivity index (χ0) is 13.8. The van der Waals surface area contributed by atoms with E-state index < -0.39 is 5.97 Å². The third-order valence-electron chi connectivity index (χ3n) is 2.65. The van der Waals surface area contributed by atoms with Crippen LogP contribution in [0.15, 0.2) is 46.9 Å². The van der Waals surface area contributed by atoms with Gasteiger partial charge in [-0.15, -0.1) is 0 Å². The van der Waals surface area contributed by atoms with Gasteiger partial charge in [-0.1, -0.05) is 35.9 Å². The zero-order valence-corrected chi connectivity index (χ0v) is 12.2. The van der Waals surface area contributed by atoms with Crippen LogP contribution in [-0.2, 0) is 6.54 Å². The van der Waals surface area contributed by atoms with Crippen LogP contribution in [0.3, 0.4) is 0 Å². The first-order valence-corrected chi connectivity index (χ1v) is 6.76. The SMILES string of the molecule is O=C(O)c1c(Br)cccc1NCc1ccccc1Cl. The summed E-state index contributed by atoms with van der Waals surface area (Å²) in [6.45, 7) is 0.469. The summed E-state index contributed by atoms with van der Waals surface area (Å²) in [4.78, 5) is 11.2. The van der Waals surface area contributed by atoms with Crippen LogP contribution in [-0.4, -0.2) is 11.1 Å². The van der Waals surface area contributed by atoms with E-state index in [1.165, 1.54) is 0 Å². The number of nitrogens with one attached hydrogen (secondary N) is 1. The van der Waals surface area contributed by atoms with Gasteiger partial charge in [0, 0.05) is 16.0 Å². The molecule has 0 aliphatic carbocycles. The number of hydrogen-bond donors (Lipinski definition) is 2. The number of benzene rings is 2. The summed E-state index contributed by atoms with van der Waals surface area (Å²) in [5.41, 5.74) is 1.69. The van der Waals surface area contributed by atoms with Gasteiger partial charge < -0.3 is 10.4 Å². The van der Waals surface area contributed by atoms with Crippen LogP contribution in [0, 0.1) is 0 Å². The highest BCUT2D eigenvalue weighted by Gasteiger charge is 2.13. The largest absolute Gasteiger partial charge is 0.478 e. The predicted octanol–water partition coefficient (Wildman–Crippen LogP) is 4.41. The first kappa shape index (κ1) is 13.9. The molecule has 2 aromatic rings. The molecule has 3 nitrogen and oxygen atoms in total. The number of carbonyl (C=O) groups is 1. The van der Waals surface area contributed by atoms with Crippen molar-refractivity contribution in [1.82, 2.24) is 0 Å². The second-order valence-electron chi connectivity index (χ2n) is 3.91. The molecule has 0 spiro atoms. The monoisotopic (exact) mass is 339 g/mol. The minimum absolute atomic E-state index is 0.217. The van der Waals surface area contributed by atoms with Crippen molar-refractivity contribution in [3.63, 3.8) is 0 Å². The Balaban J connectivity index is 2.23. The number of carboxylic acid groups (broad SMARTS) is 1. The number of carboxylic acids is 1. The fourth-order valence-electron chi connectivity index (χ4n) is 1.72. The fraction of sp³-hybridized carbons (Fsp3) is 0.0714. The number of halogens is 2. The summed E-state index contributed by atoms with van der Waals surface area (Å²) in [5, 5.41) is 13.0. The molecule has 0 heterocycles. The third-order valence-corrected chi connectivity index (χ3v) is 3.68. The number of anilines is 1. The van der Waals surface area contributed by atoms with Crippen molar-refractivity contribution in [2.24, 2.45) is 0 Å². The van der Waals surface area contributed by atoms with Crippen molar-refractivity contribution in [2.75, 3.05) is 5.32 Å². The first-order valence-electron chi connectivity index (χ1n) is 5.58. The normalized spacial score (nSPS) is 10.2. The third kappa shape index (κ3) is 3.28. The lowest BCUT2D eigenvalue weighted by molar-refractivity contribution is 0.0697.